The van der Waals surface area contributed by atoms with Gasteiger partial charge in [-0.25, -0.2) is 15.0 Å². The third-order valence-corrected chi connectivity index (χ3v) is 6.18. The number of anilines is 2. The van der Waals surface area contributed by atoms with Crippen LogP contribution < -0.4 is 10.1 Å². The summed E-state index contributed by atoms with van der Waals surface area (Å²) in [5.41, 5.74) is 4.91. The number of hydrogen-bond acceptors (Lipinski definition) is 8. The Bertz CT molecular complexity index is 1310. The number of hydrogen-bond donors (Lipinski definition) is 1. The lowest BCUT2D eigenvalue weighted by Gasteiger charge is -2.26. The molecule has 0 aliphatic carbocycles. The molecule has 1 aromatic carbocycles. The standard InChI is InChI=1S/C28H31N5O3/c1-19-7-8-29-26(15-19)32-25-6-4-5-23(31-25)24-18-30-28(36-24)27-20(2)16-22(17-21(27)3)35-14-11-33-9-12-34-13-10-33/h4-8,15-18H,9-14H2,1-3H3,(H,29,31,32). The summed E-state index contributed by atoms with van der Waals surface area (Å²) in [6.45, 7) is 11.2. The van der Waals surface area contributed by atoms with Gasteiger partial charge in [-0.2, -0.15) is 0 Å². The van der Waals surface area contributed by atoms with Gasteiger partial charge in [0.05, 0.1) is 19.4 Å². The fraction of sp³-hybridized carbons (Fsp3) is 0.321. The number of nitrogens with zero attached hydrogens (tertiary/aromatic N) is 4. The van der Waals surface area contributed by atoms with E-state index in [4.69, 9.17) is 13.9 Å². The van der Waals surface area contributed by atoms with Gasteiger partial charge in [-0.05, 0) is 73.9 Å². The molecule has 0 saturated carbocycles. The molecule has 0 bridgehead atoms. The largest absolute Gasteiger partial charge is 0.492 e. The van der Waals surface area contributed by atoms with E-state index in [2.05, 4.69) is 39.0 Å². The molecule has 1 saturated heterocycles. The summed E-state index contributed by atoms with van der Waals surface area (Å²) in [7, 11) is 0. The summed E-state index contributed by atoms with van der Waals surface area (Å²) in [5.74, 6) is 3.47. The van der Waals surface area contributed by atoms with Crippen LogP contribution in [0.4, 0.5) is 11.6 Å². The summed E-state index contributed by atoms with van der Waals surface area (Å²) < 4.78 is 17.6. The number of pyridine rings is 2. The average Bonchev–Trinajstić information content (AvgIpc) is 3.34. The van der Waals surface area contributed by atoms with Crippen LogP contribution in [-0.2, 0) is 4.74 Å². The average molecular weight is 486 g/mol. The molecular weight excluding hydrogens is 454 g/mol. The minimum absolute atomic E-state index is 0.570. The van der Waals surface area contributed by atoms with E-state index < -0.39 is 0 Å². The minimum Gasteiger partial charge on any atom is -0.492 e. The molecule has 8 heteroatoms. The second-order valence-corrected chi connectivity index (χ2v) is 9.02. The van der Waals surface area contributed by atoms with Gasteiger partial charge in [0, 0.05) is 31.4 Å². The van der Waals surface area contributed by atoms with Gasteiger partial charge >= 0.3 is 0 Å². The van der Waals surface area contributed by atoms with Crippen LogP contribution in [0.3, 0.4) is 0 Å². The van der Waals surface area contributed by atoms with Crippen molar-refractivity contribution in [1.29, 1.82) is 0 Å². The van der Waals surface area contributed by atoms with Crippen molar-refractivity contribution in [3.8, 4) is 28.7 Å². The predicted molar refractivity (Wildman–Crippen MR) is 140 cm³/mol. The molecule has 36 heavy (non-hydrogen) atoms. The Balaban J connectivity index is 1.29. The molecular formula is C28H31N5O3. The molecule has 3 aromatic heterocycles. The summed E-state index contributed by atoms with van der Waals surface area (Å²) in [4.78, 5) is 16.0. The third-order valence-electron chi connectivity index (χ3n) is 6.18. The van der Waals surface area contributed by atoms with Crippen molar-refractivity contribution in [2.24, 2.45) is 0 Å². The molecule has 0 atom stereocenters. The molecule has 1 aliphatic rings. The lowest BCUT2D eigenvalue weighted by atomic mass is 10.0. The van der Waals surface area contributed by atoms with Crippen molar-refractivity contribution in [3.05, 3.63) is 71.5 Å². The molecule has 4 aromatic rings. The molecule has 0 spiro atoms. The highest BCUT2D eigenvalue weighted by Gasteiger charge is 2.16. The van der Waals surface area contributed by atoms with E-state index in [-0.39, 0.29) is 0 Å². The van der Waals surface area contributed by atoms with Gasteiger partial charge < -0.3 is 19.2 Å². The molecule has 0 amide bonds. The summed E-state index contributed by atoms with van der Waals surface area (Å²) >= 11 is 0. The maximum absolute atomic E-state index is 6.17. The second-order valence-electron chi connectivity index (χ2n) is 9.02. The van der Waals surface area contributed by atoms with E-state index in [1.807, 2.05) is 49.4 Å². The lowest BCUT2D eigenvalue weighted by Crippen LogP contribution is -2.38. The van der Waals surface area contributed by atoms with Crippen molar-refractivity contribution in [2.75, 3.05) is 44.8 Å². The number of nitrogens with one attached hydrogen (secondary N) is 1. The Kier molecular flexibility index (Phi) is 7.25. The second kappa shape index (κ2) is 10.9. The first kappa shape index (κ1) is 24.0. The van der Waals surface area contributed by atoms with Crippen LogP contribution in [0.1, 0.15) is 16.7 Å². The highest BCUT2D eigenvalue weighted by molar-refractivity contribution is 5.67. The topological polar surface area (TPSA) is 85.5 Å². The van der Waals surface area contributed by atoms with Crippen molar-refractivity contribution >= 4 is 11.6 Å². The Morgan fingerprint density at radius 2 is 1.78 bits per heavy atom. The SMILES string of the molecule is Cc1ccnc(Nc2cccc(-c3cnc(-c4c(C)cc(OCCN5CCOCC5)cc4C)o3)n2)c1. The monoisotopic (exact) mass is 485 g/mol. The van der Waals surface area contributed by atoms with Gasteiger partial charge in [0.25, 0.3) is 0 Å². The van der Waals surface area contributed by atoms with Gasteiger partial charge in [-0.1, -0.05) is 6.07 Å². The first-order valence-corrected chi connectivity index (χ1v) is 12.2. The van der Waals surface area contributed by atoms with E-state index in [9.17, 15) is 0 Å². The summed E-state index contributed by atoms with van der Waals surface area (Å²) in [6.07, 6.45) is 3.49. The number of morpholine rings is 1. The highest BCUT2D eigenvalue weighted by Crippen LogP contribution is 2.33. The molecule has 8 nitrogen and oxygen atoms in total. The fourth-order valence-electron chi connectivity index (χ4n) is 4.35. The van der Waals surface area contributed by atoms with Gasteiger partial charge in [-0.15, -0.1) is 0 Å². The van der Waals surface area contributed by atoms with Crippen LogP contribution >= 0.6 is 0 Å². The van der Waals surface area contributed by atoms with E-state index in [1.165, 1.54) is 0 Å². The first-order chi connectivity index (χ1) is 17.5. The van der Waals surface area contributed by atoms with Crippen molar-refractivity contribution in [1.82, 2.24) is 19.9 Å². The smallest absolute Gasteiger partial charge is 0.227 e. The van der Waals surface area contributed by atoms with Crippen molar-refractivity contribution in [2.45, 2.75) is 20.8 Å². The lowest BCUT2D eigenvalue weighted by molar-refractivity contribution is 0.0322. The molecule has 5 rings (SSSR count). The minimum atomic E-state index is 0.570. The number of benzene rings is 1. The van der Waals surface area contributed by atoms with E-state index in [0.29, 0.717) is 29.8 Å². The third kappa shape index (κ3) is 5.72. The number of ether oxygens (including phenoxy) is 2. The maximum Gasteiger partial charge on any atom is 0.227 e. The quantitative estimate of drug-likeness (QED) is 0.365. The molecule has 4 heterocycles. The highest BCUT2D eigenvalue weighted by atomic mass is 16.5. The van der Waals surface area contributed by atoms with Crippen LogP contribution in [0, 0.1) is 20.8 Å². The fourth-order valence-corrected chi connectivity index (χ4v) is 4.35. The van der Waals surface area contributed by atoms with Crippen LogP contribution in [0.15, 0.2) is 59.3 Å². The Labute approximate surface area is 211 Å². The first-order valence-electron chi connectivity index (χ1n) is 12.2. The number of aromatic nitrogens is 3. The molecule has 1 aliphatic heterocycles. The van der Waals surface area contributed by atoms with E-state index >= 15 is 0 Å². The number of aryl methyl sites for hydroxylation is 3. The Morgan fingerprint density at radius 3 is 2.56 bits per heavy atom. The number of oxazole rings is 1. The van der Waals surface area contributed by atoms with Gasteiger partial charge in [0.1, 0.15) is 29.7 Å². The molecule has 186 valence electrons. The van der Waals surface area contributed by atoms with Crippen LogP contribution in [0.25, 0.3) is 22.9 Å². The molecule has 0 radical (unpaired) electrons. The predicted octanol–water partition coefficient (Wildman–Crippen LogP) is 5.18. The van der Waals surface area contributed by atoms with E-state index in [1.54, 1.807) is 12.4 Å². The van der Waals surface area contributed by atoms with Gasteiger partial charge in [-0.3, -0.25) is 4.90 Å². The number of rotatable bonds is 8. The van der Waals surface area contributed by atoms with Crippen molar-refractivity contribution in [3.63, 3.8) is 0 Å². The summed E-state index contributed by atoms with van der Waals surface area (Å²) in [5, 5.41) is 3.25. The molecule has 1 fully saturated rings. The van der Waals surface area contributed by atoms with Gasteiger partial charge in [0.2, 0.25) is 5.89 Å². The normalized spacial score (nSPS) is 14.1. The zero-order chi connectivity index (χ0) is 24.9. The zero-order valence-electron chi connectivity index (χ0n) is 21.0. The van der Waals surface area contributed by atoms with E-state index in [0.717, 1.165) is 66.7 Å². The maximum atomic E-state index is 6.17. The molecule has 1 N–H and O–H groups in total. The Hall–Kier alpha value is -3.75. The zero-order valence-corrected chi connectivity index (χ0v) is 21.0. The van der Waals surface area contributed by atoms with Crippen LogP contribution in [-0.4, -0.2) is 59.3 Å². The summed E-state index contributed by atoms with van der Waals surface area (Å²) in [6, 6.07) is 13.8. The van der Waals surface area contributed by atoms with Crippen LogP contribution in [0.2, 0.25) is 0 Å². The molecule has 0 unspecified atom stereocenters. The van der Waals surface area contributed by atoms with Gasteiger partial charge in [0.15, 0.2) is 5.76 Å². The Morgan fingerprint density at radius 1 is 0.972 bits per heavy atom. The van der Waals surface area contributed by atoms with Crippen LogP contribution in [0.5, 0.6) is 5.75 Å². The van der Waals surface area contributed by atoms with Crippen molar-refractivity contribution < 1.29 is 13.9 Å².